The Bertz CT molecular complexity index is 865. The van der Waals surface area contributed by atoms with E-state index in [0.29, 0.717) is 17.9 Å². The number of carbonyl (C=O) groups is 1. The molecule has 3 aromatic rings. The van der Waals surface area contributed by atoms with Gasteiger partial charge in [0.2, 0.25) is 5.91 Å². The number of hydrogen-bond donors (Lipinski definition) is 2. The Kier molecular flexibility index (Phi) is 4.06. The fourth-order valence-electron chi connectivity index (χ4n) is 2.84. The number of hydrogen-bond acceptors (Lipinski definition) is 2. The van der Waals surface area contributed by atoms with Gasteiger partial charge in [-0.15, -0.1) is 0 Å². The lowest BCUT2D eigenvalue weighted by Crippen LogP contribution is -2.15. The molecule has 4 nitrogen and oxygen atoms in total. The number of amides is 1. The maximum atomic E-state index is 12.5. The van der Waals surface area contributed by atoms with E-state index in [9.17, 15) is 4.79 Å². The minimum absolute atomic E-state index is 0.0539. The van der Waals surface area contributed by atoms with Crippen LogP contribution in [0.1, 0.15) is 16.8 Å². The van der Waals surface area contributed by atoms with Crippen molar-refractivity contribution >= 4 is 22.5 Å². The number of para-hydroxylation sites is 1. The van der Waals surface area contributed by atoms with Crippen molar-refractivity contribution in [3.8, 4) is 5.75 Å². The Morgan fingerprint density at radius 3 is 2.74 bits per heavy atom. The van der Waals surface area contributed by atoms with E-state index < -0.39 is 0 Å². The van der Waals surface area contributed by atoms with Crippen LogP contribution in [0, 0.1) is 13.8 Å². The van der Waals surface area contributed by atoms with E-state index in [-0.39, 0.29) is 5.91 Å². The Balaban J connectivity index is 1.84. The molecule has 2 N–H and O–H groups in total. The van der Waals surface area contributed by atoms with Crippen LogP contribution in [0.25, 0.3) is 10.9 Å². The van der Waals surface area contributed by atoms with Crippen molar-refractivity contribution in [2.75, 3.05) is 12.4 Å². The van der Waals surface area contributed by atoms with E-state index in [4.69, 9.17) is 4.74 Å². The second kappa shape index (κ2) is 6.16. The van der Waals surface area contributed by atoms with Gasteiger partial charge in [-0.25, -0.2) is 0 Å². The summed E-state index contributed by atoms with van der Waals surface area (Å²) in [6, 6.07) is 13.8. The molecule has 23 heavy (non-hydrogen) atoms. The first kappa shape index (κ1) is 15.2. The Morgan fingerprint density at radius 1 is 1.17 bits per heavy atom. The van der Waals surface area contributed by atoms with E-state index >= 15 is 0 Å². The first-order chi connectivity index (χ1) is 11.1. The first-order valence-electron chi connectivity index (χ1n) is 7.59. The van der Waals surface area contributed by atoms with E-state index in [1.54, 1.807) is 7.11 Å². The number of rotatable bonds is 4. The predicted octanol–water partition coefficient (Wildman–Crippen LogP) is 3.97. The molecule has 2 aromatic carbocycles. The van der Waals surface area contributed by atoms with Crippen molar-refractivity contribution in [1.29, 1.82) is 0 Å². The fraction of sp³-hybridized carbons (Fsp3) is 0.211. The predicted molar refractivity (Wildman–Crippen MR) is 93.1 cm³/mol. The largest absolute Gasteiger partial charge is 0.495 e. The van der Waals surface area contributed by atoms with Crippen molar-refractivity contribution in [2.24, 2.45) is 0 Å². The third kappa shape index (κ3) is 3.06. The molecule has 1 heterocycles. The highest BCUT2D eigenvalue weighted by Gasteiger charge is 2.14. The molecule has 0 atom stereocenters. The van der Waals surface area contributed by atoms with E-state index in [0.717, 1.165) is 27.7 Å². The van der Waals surface area contributed by atoms with Gasteiger partial charge >= 0.3 is 0 Å². The Morgan fingerprint density at radius 2 is 1.96 bits per heavy atom. The number of H-pyrrole nitrogens is 1. The van der Waals surface area contributed by atoms with Crippen LogP contribution in [0.5, 0.6) is 5.75 Å². The fourth-order valence-corrected chi connectivity index (χ4v) is 2.84. The number of aromatic nitrogens is 1. The standard InChI is InChI=1S/C19H20N2O2/c1-12-8-9-18(23-3)17(10-12)21-19(22)11-15-13(2)20-16-7-5-4-6-14(15)16/h4-10,20H,11H2,1-3H3,(H,21,22). The number of aryl methyl sites for hydroxylation is 2. The highest BCUT2D eigenvalue weighted by atomic mass is 16.5. The van der Waals surface area contributed by atoms with Crippen LogP contribution in [0.4, 0.5) is 5.69 Å². The average Bonchev–Trinajstić information content (AvgIpc) is 2.83. The van der Waals surface area contributed by atoms with Crippen LogP contribution in [0.15, 0.2) is 42.5 Å². The normalized spacial score (nSPS) is 10.7. The minimum Gasteiger partial charge on any atom is -0.495 e. The molecular formula is C19H20N2O2. The molecule has 0 fully saturated rings. The first-order valence-corrected chi connectivity index (χ1v) is 7.59. The molecule has 3 rings (SSSR count). The van der Waals surface area contributed by atoms with Crippen LogP contribution in [0.2, 0.25) is 0 Å². The van der Waals surface area contributed by atoms with Crippen LogP contribution in [0.3, 0.4) is 0 Å². The molecule has 1 amide bonds. The minimum atomic E-state index is -0.0539. The van der Waals surface area contributed by atoms with Gasteiger partial charge in [-0.2, -0.15) is 0 Å². The smallest absolute Gasteiger partial charge is 0.228 e. The monoisotopic (exact) mass is 308 g/mol. The molecule has 0 aliphatic heterocycles. The summed E-state index contributed by atoms with van der Waals surface area (Å²) in [4.78, 5) is 15.8. The van der Waals surface area contributed by atoms with Gasteiger partial charge in [-0.05, 0) is 43.2 Å². The summed E-state index contributed by atoms with van der Waals surface area (Å²) in [5.74, 6) is 0.612. The van der Waals surface area contributed by atoms with Gasteiger partial charge in [0, 0.05) is 16.6 Å². The molecule has 0 spiro atoms. The number of aromatic amines is 1. The lowest BCUT2D eigenvalue weighted by molar-refractivity contribution is -0.115. The molecular weight excluding hydrogens is 288 g/mol. The summed E-state index contributed by atoms with van der Waals surface area (Å²) in [6.45, 7) is 3.98. The van der Waals surface area contributed by atoms with Crippen molar-refractivity contribution in [3.05, 3.63) is 59.3 Å². The number of ether oxygens (including phenoxy) is 1. The number of methoxy groups -OCH3 is 1. The van der Waals surface area contributed by atoms with Gasteiger partial charge in [0.05, 0.1) is 19.2 Å². The Hall–Kier alpha value is -2.75. The zero-order chi connectivity index (χ0) is 16.4. The van der Waals surface area contributed by atoms with Gasteiger partial charge in [0.25, 0.3) is 0 Å². The highest BCUT2D eigenvalue weighted by Crippen LogP contribution is 2.26. The molecule has 0 saturated carbocycles. The summed E-state index contributed by atoms with van der Waals surface area (Å²) in [7, 11) is 1.60. The van der Waals surface area contributed by atoms with Gasteiger partial charge in [-0.3, -0.25) is 4.79 Å². The van der Waals surface area contributed by atoms with Crippen LogP contribution in [-0.2, 0) is 11.2 Å². The third-order valence-electron chi connectivity index (χ3n) is 3.99. The molecule has 4 heteroatoms. The van der Waals surface area contributed by atoms with Gasteiger partial charge < -0.3 is 15.0 Å². The molecule has 0 saturated heterocycles. The summed E-state index contributed by atoms with van der Waals surface area (Å²) in [5.41, 5.74) is 4.89. The van der Waals surface area contributed by atoms with Crippen molar-refractivity contribution in [3.63, 3.8) is 0 Å². The van der Waals surface area contributed by atoms with Gasteiger partial charge in [0.15, 0.2) is 0 Å². The molecule has 0 radical (unpaired) electrons. The Labute approximate surface area is 135 Å². The van der Waals surface area contributed by atoms with E-state index in [2.05, 4.69) is 10.3 Å². The topological polar surface area (TPSA) is 54.1 Å². The molecule has 118 valence electrons. The summed E-state index contributed by atoms with van der Waals surface area (Å²) < 4.78 is 5.31. The maximum Gasteiger partial charge on any atom is 0.228 e. The highest BCUT2D eigenvalue weighted by molar-refractivity contribution is 5.97. The third-order valence-corrected chi connectivity index (χ3v) is 3.99. The number of anilines is 1. The van der Waals surface area contributed by atoms with E-state index in [1.165, 1.54) is 0 Å². The summed E-state index contributed by atoms with van der Waals surface area (Å²) in [6.07, 6.45) is 0.326. The van der Waals surface area contributed by atoms with Crippen molar-refractivity contribution in [1.82, 2.24) is 4.98 Å². The zero-order valence-corrected chi connectivity index (χ0v) is 13.6. The summed E-state index contributed by atoms with van der Waals surface area (Å²) in [5, 5.41) is 4.05. The number of benzene rings is 2. The van der Waals surface area contributed by atoms with Crippen LogP contribution >= 0.6 is 0 Å². The second-order valence-electron chi connectivity index (χ2n) is 5.70. The molecule has 1 aromatic heterocycles. The lowest BCUT2D eigenvalue weighted by Gasteiger charge is -2.11. The molecule has 0 bridgehead atoms. The average molecular weight is 308 g/mol. The zero-order valence-electron chi connectivity index (χ0n) is 13.6. The molecule has 0 unspecified atom stereocenters. The second-order valence-corrected chi connectivity index (χ2v) is 5.70. The molecule has 0 aliphatic carbocycles. The van der Waals surface area contributed by atoms with Crippen molar-refractivity contribution < 1.29 is 9.53 Å². The number of carbonyl (C=O) groups excluding carboxylic acids is 1. The maximum absolute atomic E-state index is 12.5. The van der Waals surface area contributed by atoms with Crippen molar-refractivity contribution in [2.45, 2.75) is 20.3 Å². The van der Waals surface area contributed by atoms with Crippen LogP contribution in [-0.4, -0.2) is 18.0 Å². The lowest BCUT2D eigenvalue weighted by atomic mass is 10.1. The SMILES string of the molecule is COc1ccc(C)cc1NC(=O)Cc1c(C)[nH]c2ccccc12. The number of fused-ring (bicyclic) bond motifs is 1. The van der Waals surface area contributed by atoms with Gasteiger partial charge in [0.1, 0.15) is 5.75 Å². The van der Waals surface area contributed by atoms with Crippen LogP contribution < -0.4 is 10.1 Å². The summed E-state index contributed by atoms with van der Waals surface area (Å²) >= 11 is 0. The van der Waals surface area contributed by atoms with Gasteiger partial charge in [-0.1, -0.05) is 24.3 Å². The number of nitrogens with one attached hydrogen (secondary N) is 2. The molecule has 0 aliphatic rings. The van der Waals surface area contributed by atoms with E-state index in [1.807, 2.05) is 56.3 Å². The quantitative estimate of drug-likeness (QED) is 0.766.